The van der Waals surface area contributed by atoms with Crippen LogP contribution in [0.15, 0.2) is 0 Å². The second kappa shape index (κ2) is 9.49. The van der Waals surface area contributed by atoms with Crippen molar-refractivity contribution >= 4 is 16.1 Å². The van der Waals surface area contributed by atoms with Crippen molar-refractivity contribution < 1.29 is 49.6 Å². The van der Waals surface area contributed by atoms with Crippen LogP contribution in [0.2, 0.25) is 0 Å². The number of carbonyl (C=O) groups excluding carboxylic acids is 1. The van der Waals surface area contributed by atoms with Gasteiger partial charge >= 0.3 is 5.97 Å². The van der Waals surface area contributed by atoms with E-state index in [0.29, 0.717) is 6.26 Å². The first-order valence-electron chi connectivity index (χ1n) is 6.13. The quantitative estimate of drug-likeness (QED) is 0.202. The molecule has 0 aliphatic carbocycles. The molecule has 0 fully saturated rings. The highest BCUT2D eigenvalue weighted by Crippen LogP contribution is 2.23. The van der Waals surface area contributed by atoms with Gasteiger partial charge < -0.3 is 9.84 Å². The first-order chi connectivity index (χ1) is 10.9. The van der Waals surface area contributed by atoms with Crippen molar-refractivity contribution in [2.24, 2.45) is 0 Å². The number of hydrogen-bond acceptors (Lipinski definition) is 5. The van der Waals surface area contributed by atoms with Crippen molar-refractivity contribution in [3.05, 3.63) is 34.6 Å². The third-order valence-electron chi connectivity index (χ3n) is 2.20. The van der Waals surface area contributed by atoms with Gasteiger partial charge in [-0.25, -0.2) is 26.7 Å². The highest BCUT2D eigenvalue weighted by molar-refractivity contribution is 7.85. The third-order valence-corrected chi connectivity index (χ3v) is 2.20. The molecule has 6 nitrogen and oxygen atoms in total. The van der Waals surface area contributed by atoms with Crippen LogP contribution in [-0.4, -0.2) is 43.5 Å². The Kier molecular flexibility index (Phi) is 8.78. The minimum atomic E-state index is -3.67. The van der Waals surface area contributed by atoms with Gasteiger partial charge in [-0.05, 0) is 12.8 Å². The lowest BCUT2D eigenvalue weighted by Gasteiger charge is -2.08. The zero-order chi connectivity index (χ0) is 19.1. The smallest absolute Gasteiger partial charge is 0.344 e. The molecule has 0 saturated carbocycles. The topological polar surface area (TPSA) is 101 Å². The van der Waals surface area contributed by atoms with Crippen molar-refractivity contribution in [3.8, 4) is 0 Å². The van der Waals surface area contributed by atoms with E-state index >= 15 is 0 Å². The SMILES string of the molecule is CS(=O)(=O)O.O=C(OCCCCO)c1c(F)c(F)c(F)c(F)c1F. The second-order valence-corrected chi connectivity index (χ2v) is 5.71. The zero-order valence-corrected chi connectivity index (χ0v) is 13.0. The average Bonchev–Trinajstić information content (AvgIpc) is 2.46. The molecule has 0 bridgehead atoms. The highest BCUT2D eigenvalue weighted by Gasteiger charge is 2.30. The minimum absolute atomic E-state index is 0.180. The van der Waals surface area contributed by atoms with E-state index in [-0.39, 0.29) is 26.1 Å². The summed E-state index contributed by atoms with van der Waals surface area (Å²) in [6.07, 6.45) is 1.18. The predicted molar refractivity (Wildman–Crippen MR) is 70.3 cm³/mol. The molecule has 0 aliphatic heterocycles. The van der Waals surface area contributed by atoms with E-state index in [1.54, 1.807) is 0 Å². The van der Waals surface area contributed by atoms with Crippen LogP contribution in [-0.2, 0) is 14.9 Å². The molecule has 0 aromatic heterocycles. The van der Waals surface area contributed by atoms with Gasteiger partial charge in [0.05, 0.1) is 12.9 Å². The molecular weight excluding hydrogens is 367 g/mol. The number of ether oxygens (including phenoxy) is 1. The van der Waals surface area contributed by atoms with Crippen LogP contribution in [0.4, 0.5) is 22.0 Å². The molecule has 0 saturated heterocycles. The molecule has 1 aromatic carbocycles. The van der Waals surface area contributed by atoms with Crippen molar-refractivity contribution in [2.45, 2.75) is 12.8 Å². The van der Waals surface area contributed by atoms with E-state index in [0.717, 1.165) is 0 Å². The Hall–Kier alpha value is -1.79. The Labute approximate surface area is 133 Å². The van der Waals surface area contributed by atoms with Crippen molar-refractivity contribution in [1.29, 1.82) is 0 Å². The number of unbranched alkanes of at least 4 members (excludes halogenated alkanes) is 1. The van der Waals surface area contributed by atoms with Gasteiger partial charge in [0.15, 0.2) is 23.3 Å². The normalized spacial score (nSPS) is 10.8. The fourth-order valence-electron chi connectivity index (χ4n) is 1.24. The number of aliphatic hydroxyl groups excluding tert-OH is 1. The number of esters is 1. The van der Waals surface area contributed by atoms with E-state index in [1.165, 1.54) is 0 Å². The molecule has 0 radical (unpaired) electrons. The van der Waals surface area contributed by atoms with Gasteiger partial charge in [-0.1, -0.05) is 0 Å². The summed E-state index contributed by atoms with van der Waals surface area (Å²) in [6.45, 7) is -0.487. The van der Waals surface area contributed by atoms with Gasteiger partial charge in [-0.2, -0.15) is 8.42 Å². The highest BCUT2D eigenvalue weighted by atomic mass is 32.2. The molecule has 0 unspecified atom stereocenters. The van der Waals surface area contributed by atoms with Gasteiger partial charge in [0, 0.05) is 6.61 Å². The molecule has 0 spiro atoms. The molecule has 0 heterocycles. The monoisotopic (exact) mass is 380 g/mol. The van der Waals surface area contributed by atoms with E-state index in [2.05, 4.69) is 4.74 Å². The van der Waals surface area contributed by atoms with Crippen molar-refractivity contribution in [1.82, 2.24) is 0 Å². The van der Waals surface area contributed by atoms with E-state index in [1.807, 2.05) is 0 Å². The number of rotatable bonds is 5. The molecule has 0 amide bonds. The van der Waals surface area contributed by atoms with Gasteiger partial charge in [-0.15, -0.1) is 0 Å². The van der Waals surface area contributed by atoms with Gasteiger partial charge in [-0.3, -0.25) is 4.55 Å². The second-order valence-electron chi connectivity index (χ2n) is 4.24. The number of carbonyl (C=O) groups is 1. The Balaban J connectivity index is 0.000000922. The van der Waals surface area contributed by atoms with Gasteiger partial charge in [0.25, 0.3) is 10.1 Å². The van der Waals surface area contributed by atoms with Crippen molar-refractivity contribution in [3.63, 3.8) is 0 Å². The third kappa shape index (κ3) is 7.19. The Bertz CT molecular complexity index is 655. The molecule has 12 heteroatoms. The fourth-order valence-corrected chi connectivity index (χ4v) is 1.24. The van der Waals surface area contributed by atoms with Crippen LogP contribution in [0, 0.1) is 29.1 Å². The first-order valence-corrected chi connectivity index (χ1v) is 7.98. The van der Waals surface area contributed by atoms with Crippen LogP contribution in [0.3, 0.4) is 0 Å². The largest absolute Gasteiger partial charge is 0.462 e. The fraction of sp³-hybridized carbons (Fsp3) is 0.417. The summed E-state index contributed by atoms with van der Waals surface area (Å²) in [5, 5.41) is 8.44. The standard InChI is InChI=1S/C11H9F5O3.CH4O3S/c12-6-5(11(18)19-4-2-1-3-17)7(13)9(15)10(16)8(6)14;1-5(2,3)4/h17H,1-4H2;1H3,(H,2,3,4). The predicted octanol–water partition coefficient (Wildman–Crippen LogP) is 1.82. The Morgan fingerprint density at radius 2 is 1.33 bits per heavy atom. The molecule has 1 aromatic rings. The van der Waals surface area contributed by atoms with Crippen LogP contribution in [0.25, 0.3) is 0 Å². The zero-order valence-electron chi connectivity index (χ0n) is 12.2. The van der Waals surface area contributed by atoms with Crippen molar-refractivity contribution in [2.75, 3.05) is 19.5 Å². The van der Waals surface area contributed by atoms with Crippen LogP contribution in [0.1, 0.15) is 23.2 Å². The molecule has 1 rings (SSSR count). The number of aliphatic hydroxyl groups is 1. The summed E-state index contributed by atoms with van der Waals surface area (Å²) in [4.78, 5) is 11.2. The number of hydrogen-bond donors (Lipinski definition) is 2. The maximum Gasteiger partial charge on any atom is 0.344 e. The van der Waals surface area contributed by atoms with E-state index < -0.39 is 50.7 Å². The molecule has 0 atom stereocenters. The van der Waals surface area contributed by atoms with E-state index in [9.17, 15) is 35.2 Å². The molecule has 24 heavy (non-hydrogen) atoms. The lowest BCUT2D eigenvalue weighted by Crippen LogP contribution is -2.15. The first kappa shape index (κ1) is 22.2. The summed E-state index contributed by atoms with van der Waals surface area (Å²) >= 11 is 0. The molecule has 0 aliphatic rings. The lowest BCUT2D eigenvalue weighted by atomic mass is 10.1. The maximum atomic E-state index is 13.2. The van der Waals surface area contributed by atoms with Crippen LogP contribution < -0.4 is 0 Å². The molecule has 2 N–H and O–H groups in total. The number of halogens is 5. The minimum Gasteiger partial charge on any atom is -0.462 e. The maximum absolute atomic E-state index is 13.2. The summed E-state index contributed by atoms with van der Waals surface area (Å²) in [5.41, 5.74) is -1.62. The Morgan fingerprint density at radius 3 is 1.71 bits per heavy atom. The summed E-state index contributed by atoms with van der Waals surface area (Å²) in [7, 11) is -3.67. The van der Waals surface area contributed by atoms with Crippen LogP contribution in [0.5, 0.6) is 0 Å². The van der Waals surface area contributed by atoms with E-state index in [4.69, 9.17) is 9.66 Å². The van der Waals surface area contributed by atoms with Gasteiger partial charge in [0.2, 0.25) is 5.82 Å². The lowest BCUT2D eigenvalue weighted by molar-refractivity contribution is 0.0478. The van der Waals surface area contributed by atoms with Gasteiger partial charge in [0.1, 0.15) is 5.56 Å². The average molecular weight is 380 g/mol. The summed E-state index contributed by atoms with van der Waals surface area (Å²) in [6, 6.07) is 0. The Morgan fingerprint density at radius 1 is 0.958 bits per heavy atom. The molecule has 138 valence electrons. The summed E-state index contributed by atoms with van der Waals surface area (Å²) < 4.78 is 94.9. The number of benzene rings is 1. The summed E-state index contributed by atoms with van der Waals surface area (Å²) in [5.74, 6) is -12.9. The molecular formula is C12H13F5O6S. The van der Waals surface area contributed by atoms with Crippen LogP contribution >= 0.6 is 0 Å².